The quantitative estimate of drug-likeness (QED) is 0.787. The highest BCUT2D eigenvalue weighted by atomic mass is 16.4. The van der Waals surface area contributed by atoms with E-state index in [1.807, 2.05) is 0 Å². The molecular formula is C12H14N2O2. The Hall–Kier alpha value is -1.71. The molecule has 0 amide bonds. The van der Waals surface area contributed by atoms with Crippen LogP contribution in [0, 0.1) is 0 Å². The summed E-state index contributed by atoms with van der Waals surface area (Å²) in [5, 5.41) is 9.20. The van der Waals surface area contributed by atoms with Gasteiger partial charge in [-0.05, 0) is 12.8 Å². The summed E-state index contributed by atoms with van der Waals surface area (Å²) in [7, 11) is 0. The monoisotopic (exact) mass is 218 g/mol. The van der Waals surface area contributed by atoms with Crippen LogP contribution in [0.1, 0.15) is 32.6 Å². The SMILES string of the molecule is CCCCC1=C(C(=O)O)C2=CN=CCC2=N1. The molecule has 0 aromatic heterocycles. The zero-order valence-electron chi connectivity index (χ0n) is 9.23. The number of hydrogen-bond donors (Lipinski definition) is 1. The number of nitrogens with zero attached hydrogens (tertiary/aromatic N) is 2. The molecule has 0 spiro atoms. The molecular weight excluding hydrogens is 204 g/mol. The van der Waals surface area contributed by atoms with E-state index in [2.05, 4.69) is 16.9 Å². The minimum absolute atomic E-state index is 0.348. The van der Waals surface area contributed by atoms with E-state index >= 15 is 0 Å². The van der Waals surface area contributed by atoms with Crippen LogP contribution in [0.3, 0.4) is 0 Å². The Morgan fingerprint density at radius 1 is 1.56 bits per heavy atom. The molecule has 4 nitrogen and oxygen atoms in total. The van der Waals surface area contributed by atoms with E-state index in [4.69, 9.17) is 0 Å². The summed E-state index contributed by atoms with van der Waals surface area (Å²) < 4.78 is 0. The smallest absolute Gasteiger partial charge is 0.338 e. The Morgan fingerprint density at radius 3 is 3.06 bits per heavy atom. The Morgan fingerprint density at radius 2 is 2.38 bits per heavy atom. The number of hydrogen-bond acceptors (Lipinski definition) is 3. The second kappa shape index (κ2) is 4.43. The molecule has 2 aliphatic heterocycles. The molecule has 2 heterocycles. The first-order chi connectivity index (χ1) is 7.74. The zero-order valence-corrected chi connectivity index (χ0v) is 9.23. The average molecular weight is 218 g/mol. The molecule has 0 unspecified atom stereocenters. The number of rotatable bonds is 4. The number of aliphatic carboxylic acids is 1. The molecule has 16 heavy (non-hydrogen) atoms. The molecule has 2 aliphatic rings. The van der Waals surface area contributed by atoms with Gasteiger partial charge in [0.1, 0.15) is 0 Å². The van der Waals surface area contributed by atoms with Crippen molar-refractivity contribution in [2.24, 2.45) is 9.98 Å². The van der Waals surface area contributed by atoms with Gasteiger partial charge in [0.25, 0.3) is 0 Å². The molecule has 0 bridgehead atoms. The lowest BCUT2D eigenvalue weighted by molar-refractivity contribution is -0.132. The van der Waals surface area contributed by atoms with Crippen LogP contribution in [0.4, 0.5) is 0 Å². The Kier molecular flexibility index (Phi) is 2.99. The van der Waals surface area contributed by atoms with E-state index in [1.165, 1.54) is 0 Å². The van der Waals surface area contributed by atoms with Gasteiger partial charge in [-0.15, -0.1) is 0 Å². The Balaban J connectivity index is 2.34. The number of allylic oxidation sites excluding steroid dienone is 1. The van der Waals surface area contributed by atoms with E-state index in [0.29, 0.717) is 23.3 Å². The minimum Gasteiger partial charge on any atom is -0.478 e. The molecule has 0 radical (unpaired) electrons. The first kappa shape index (κ1) is 10.8. The maximum atomic E-state index is 11.2. The zero-order chi connectivity index (χ0) is 11.5. The highest BCUT2D eigenvalue weighted by Crippen LogP contribution is 2.31. The Labute approximate surface area is 94.1 Å². The predicted octanol–water partition coefficient (Wildman–Crippen LogP) is 2.33. The van der Waals surface area contributed by atoms with E-state index in [1.54, 1.807) is 12.4 Å². The van der Waals surface area contributed by atoms with Gasteiger partial charge in [-0.25, -0.2) is 4.79 Å². The van der Waals surface area contributed by atoms with E-state index in [9.17, 15) is 9.90 Å². The first-order valence-electron chi connectivity index (χ1n) is 5.50. The van der Waals surface area contributed by atoms with Crippen molar-refractivity contribution in [2.45, 2.75) is 32.6 Å². The molecule has 2 rings (SSSR count). The summed E-state index contributed by atoms with van der Waals surface area (Å²) in [6.07, 6.45) is 6.74. The van der Waals surface area contributed by atoms with Crippen molar-refractivity contribution in [2.75, 3.05) is 0 Å². The maximum absolute atomic E-state index is 11.2. The van der Waals surface area contributed by atoms with Crippen molar-refractivity contribution in [3.8, 4) is 0 Å². The second-order valence-corrected chi connectivity index (χ2v) is 3.87. The van der Waals surface area contributed by atoms with Crippen molar-refractivity contribution >= 4 is 17.9 Å². The largest absolute Gasteiger partial charge is 0.478 e. The van der Waals surface area contributed by atoms with E-state index < -0.39 is 5.97 Å². The van der Waals surface area contributed by atoms with Gasteiger partial charge >= 0.3 is 5.97 Å². The van der Waals surface area contributed by atoms with Crippen LogP contribution in [-0.4, -0.2) is 23.0 Å². The number of carboxylic acids is 1. The summed E-state index contributed by atoms with van der Waals surface area (Å²) in [5.74, 6) is -0.895. The molecule has 0 fully saturated rings. The van der Waals surface area contributed by atoms with Gasteiger partial charge in [0, 0.05) is 24.4 Å². The summed E-state index contributed by atoms with van der Waals surface area (Å²) in [6, 6.07) is 0. The molecule has 0 saturated carbocycles. The number of aliphatic imine (C=N–C) groups is 2. The summed E-state index contributed by atoms with van der Waals surface area (Å²) in [5.41, 5.74) is 2.60. The lowest BCUT2D eigenvalue weighted by Gasteiger charge is -2.05. The average Bonchev–Trinajstić information content (AvgIpc) is 2.64. The fraction of sp³-hybridized carbons (Fsp3) is 0.417. The number of carbonyl (C=O) groups is 1. The molecule has 0 aromatic rings. The van der Waals surface area contributed by atoms with Gasteiger partial charge in [0.15, 0.2) is 0 Å². The van der Waals surface area contributed by atoms with Gasteiger partial charge in [0.2, 0.25) is 0 Å². The van der Waals surface area contributed by atoms with Crippen LogP contribution >= 0.6 is 0 Å². The molecule has 0 atom stereocenters. The fourth-order valence-corrected chi connectivity index (χ4v) is 1.90. The van der Waals surface area contributed by atoms with Crippen molar-refractivity contribution in [3.63, 3.8) is 0 Å². The van der Waals surface area contributed by atoms with Crippen LogP contribution < -0.4 is 0 Å². The molecule has 84 valence electrons. The van der Waals surface area contributed by atoms with Gasteiger partial charge in [-0.2, -0.15) is 0 Å². The van der Waals surface area contributed by atoms with Crippen molar-refractivity contribution in [1.82, 2.24) is 0 Å². The van der Waals surface area contributed by atoms with Crippen LogP contribution in [0.5, 0.6) is 0 Å². The van der Waals surface area contributed by atoms with Crippen LogP contribution in [0.2, 0.25) is 0 Å². The van der Waals surface area contributed by atoms with E-state index in [0.717, 1.165) is 25.0 Å². The lowest BCUT2D eigenvalue weighted by Crippen LogP contribution is -2.10. The van der Waals surface area contributed by atoms with Gasteiger partial charge < -0.3 is 5.11 Å². The van der Waals surface area contributed by atoms with Crippen molar-refractivity contribution in [3.05, 3.63) is 23.0 Å². The third kappa shape index (κ3) is 1.83. The highest BCUT2D eigenvalue weighted by molar-refractivity contribution is 6.19. The molecule has 0 aliphatic carbocycles. The maximum Gasteiger partial charge on any atom is 0.338 e. The standard InChI is InChI=1S/C12H14N2O2/c1-2-3-4-10-11(12(15)16)8-7-13-6-5-9(8)14-10/h6-7H,2-5H2,1H3,(H,15,16). The fourth-order valence-electron chi connectivity index (χ4n) is 1.90. The number of unbranched alkanes of at least 4 members (excludes halogenated alkanes) is 1. The van der Waals surface area contributed by atoms with Gasteiger partial charge in [-0.3, -0.25) is 9.98 Å². The molecule has 4 heteroatoms. The van der Waals surface area contributed by atoms with Crippen LogP contribution in [0.25, 0.3) is 0 Å². The van der Waals surface area contributed by atoms with Crippen LogP contribution in [-0.2, 0) is 4.79 Å². The second-order valence-electron chi connectivity index (χ2n) is 3.87. The van der Waals surface area contributed by atoms with E-state index in [-0.39, 0.29) is 0 Å². The summed E-state index contributed by atoms with van der Waals surface area (Å²) in [4.78, 5) is 19.6. The molecule has 1 N–H and O–H groups in total. The first-order valence-corrected chi connectivity index (χ1v) is 5.50. The van der Waals surface area contributed by atoms with Gasteiger partial charge in [-0.1, -0.05) is 13.3 Å². The van der Waals surface area contributed by atoms with Crippen molar-refractivity contribution in [1.29, 1.82) is 0 Å². The molecule has 0 aromatic carbocycles. The number of carboxylic acid groups (broad SMARTS) is 1. The summed E-state index contributed by atoms with van der Waals surface area (Å²) in [6.45, 7) is 2.08. The Bertz CT molecular complexity index is 442. The van der Waals surface area contributed by atoms with Crippen LogP contribution in [0.15, 0.2) is 33.0 Å². The third-order valence-electron chi connectivity index (χ3n) is 2.71. The predicted molar refractivity (Wildman–Crippen MR) is 62.8 cm³/mol. The third-order valence-corrected chi connectivity index (χ3v) is 2.71. The topological polar surface area (TPSA) is 62.0 Å². The highest BCUT2D eigenvalue weighted by Gasteiger charge is 2.28. The lowest BCUT2D eigenvalue weighted by atomic mass is 9.99. The normalized spacial score (nSPS) is 18.3. The van der Waals surface area contributed by atoms with Gasteiger partial charge in [0.05, 0.1) is 17.0 Å². The molecule has 0 saturated heterocycles. The van der Waals surface area contributed by atoms with Crippen molar-refractivity contribution < 1.29 is 9.90 Å². The summed E-state index contributed by atoms with van der Waals surface area (Å²) >= 11 is 0. The minimum atomic E-state index is -0.895. The number of fused-ring (bicyclic) bond motifs is 1.